The predicted octanol–water partition coefficient (Wildman–Crippen LogP) is 9.23. The van der Waals surface area contributed by atoms with Gasteiger partial charge in [0.05, 0.1) is 33.5 Å². The third kappa shape index (κ3) is 3.77. The van der Waals surface area contributed by atoms with Crippen molar-refractivity contribution >= 4 is 39.3 Å². The van der Waals surface area contributed by atoms with Gasteiger partial charge in [0, 0.05) is 21.9 Å². The third-order valence-corrected chi connectivity index (χ3v) is 8.39. The van der Waals surface area contributed by atoms with E-state index in [2.05, 4.69) is 41.8 Å². The van der Waals surface area contributed by atoms with Gasteiger partial charge in [-0.1, -0.05) is 115 Å². The van der Waals surface area contributed by atoms with Crippen molar-refractivity contribution in [2.45, 2.75) is 6.92 Å². The van der Waals surface area contributed by atoms with E-state index in [-0.39, 0.29) is 11.8 Å². The number of hydrogen-bond acceptors (Lipinski definition) is 2. The van der Waals surface area contributed by atoms with E-state index in [1.165, 1.54) is 4.90 Å². The number of aryl methyl sites for hydroxylation is 1. The molecule has 0 spiro atoms. The lowest BCUT2D eigenvalue weighted by atomic mass is 9.95. The van der Waals surface area contributed by atoms with Gasteiger partial charge >= 0.3 is 0 Å². The number of para-hydroxylation sites is 2. The number of anilines is 1. The largest absolute Gasteiger partial charge is 0.308 e. The van der Waals surface area contributed by atoms with E-state index < -0.39 is 0 Å². The Morgan fingerprint density at radius 2 is 1.07 bits per heavy atom. The Balaban J connectivity index is 1.40. The molecule has 0 saturated carbocycles. The fourth-order valence-electron chi connectivity index (χ4n) is 6.48. The number of fused-ring (bicyclic) bond motifs is 4. The monoisotopic (exact) mass is 554 g/mol. The molecule has 0 fully saturated rings. The maximum atomic E-state index is 14.7. The van der Waals surface area contributed by atoms with E-state index in [0.29, 0.717) is 22.5 Å². The fourth-order valence-corrected chi connectivity index (χ4v) is 6.48. The fraction of sp³-hybridized carbons (Fsp3) is 0.0256. The molecule has 0 saturated heterocycles. The summed E-state index contributed by atoms with van der Waals surface area (Å²) in [6.45, 7) is 2.07. The minimum atomic E-state index is -0.324. The summed E-state index contributed by atoms with van der Waals surface area (Å²) < 4.78 is 2.13. The molecule has 1 aliphatic rings. The Morgan fingerprint density at radius 3 is 1.77 bits per heavy atom. The first kappa shape index (κ1) is 25.0. The molecule has 4 heteroatoms. The van der Waals surface area contributed by atoms with Gasteiger partial charge in [0.25, 0.3) is 11.8 Å². The van der Waals surface area contributed by atoms with Gasteiger partial charge in [0.2, 0.25) is 0 Å². The minimum absolute atomic E-state index is 0.320. The summed E-state index contributed by atoms with van der Waals surface area (Å²) in [5.41, 5.74) is 8.75. The van der Waals surface area contributed by atoms with E-state index in [0.717, 1.165) is 49.6 Å². The van der Waals surface area contributed by atoms with E-state index in [4.69, 9.17) is 0 Å². The lowest BCUT2D eigenvalue weighted by molar-refractivity contribution is 0.0926. The van der Waals surface area contributed by atoms with Crippen molar-refractivity contribution in [3.63, 3.8) is 0 Å². The number of hydrogen-bond donors (Lipinski definition) is 0. The number of aromatic nitrogens is 1. The van der Waals surface area contributed by atoms with Crippen LogP contribution in [0.15, 0.2) is 140 Å². The molecule has 0 aliphatic carbocycles. The summed E-state index contributed by atoms with van der Waals surface area (Å²) in [5.74, 6) is -0.644. The second-order valence-electron chi connectivity index (χ2n) is 11.0. The molecule has 0 atom stereocenters. The highest BCUT2D eigenvalue weighted by Gasteiger charge is 2.41. The first-order valence-electron chi connectivity index (χ1n) is 14.4. The van der Waals surface area contributed by atoms with Crippen molar-refractivity contribution in [3.05, 3.63) is 156 Å². The number of rotatable bonds is 4. The van der Waals surface area contributed by atoms with Crippen molar-refractivity contribution in [2.24, 2.45) is 0 Å². The van der Waals surface area contributed by atoms with Gasteiger partial charge in [0.1, 0.15) is 0 Å². The first-order valence-corrected chi connectivity index (χ1v) is 14.4. The minimum Gasteiger partial charge on any atom is -0.308 e. The maximum absolute atomic E-state index is 14.7. The third-order valence-electron chi connectivity index (χ3n) is 8.39. The zero-order valence-electron chi connectivity index (χ0n) is 23.5. The van der Waals surface area contributed by atoms with Crippen molar-refractivity contribution in [1.29, 1.82) is 0 Å². The van der Waals surface area contributed by atoms with Gasteiger partial charge in [-0.05, 0) is 47.9 Å². The van der Waals surface area contributed by atoms with E-state index in [1.54, 1.807) is 6.07 Å². The van der Waals surface area contributed by atoms with Crippen LogP contribution >= 0.6 is 0 Å². The molecule has 0 radical (unpaired) electrons. The average molecular weight is 555 g/mol. The van der Waals surface area contributed by atoms with E-state index in [9.17, 15) is 9.59 Å². The van der Waals surface area contributed by atoms with Crippen LogP contribution in [0, 0.1) is 6.92 Å². The standard InChI is InChI=1S/C39H26N2O2/c1-25-22-23-31-30-16-8-9-20-33(30)40(35(31)24-25)34-21-11-19-32-36(34)39(43)41(38(32)42)37-28(26-12-4-2-5-13-26)17-10-18-29(37)27-14-6-3-7-15-27/h2-24H,1H3. The van der Waals surface area contributed by atoms with Crippen LogP contribution in [0.3, 0.4) is 0 Å². The smallest absolute Gasteiger partial charge is 0.268 e. The second kappa shape index (κ2) is 9.68. The van der Waals surface area contributed by atoms with Crippen molar-refractivity contribution in [1.82, 2.24) is 4.57 Å². The van der Waals surface area contributed by atoms with Crippen LogP contribution in [-0.2, 0) is 0 Å². The summed E-state index contributed by atoms with van der Waals surface area (Å²) >= 11 is 0. The van der Waals surface area contributed by atoms with E-state index >= 15 is 0 Å². The number of carbonyl (C=O) groups is 2. The number of benzene rings is 6. The molecule has 43 heavy (non-hydrogen) atoms. The molecule has 1 aliphatic heterocycles. The Labute approximate surface area is 249 Å². The van der Waals surface area contributed by atoms with Gasteiger partial charge in [-0.15, -0.1) is 0 Å². The molecule has 204 valence electrons. The Kier molecular flexibility index (Phi) is 5.63. The molecule has 0 unspecified atom stereocenters. The van der Waals surface area contributed by atoms with Crippen LogP contribution in [-0.4, -0.2) is 16.4 Å². The van der Waals surface area contributed by atoms with Crippen LogP contribution in [0.5, 0.6) is 0 Å². The van der Waals surface area contributed by atoms with Gasteiger partial charge in [-0.2, -0.15) is 0 Å². The maximum Gasteiger partial charge on any atom is 0.268 e. The highest BCUT2D eigenvalue weighted by atomic mass is 16.2. The van der Waals surface area contributed by atoms with Crippen LogP contribution < -0.4 is 4.90 Å². The molecule has 7 aromatic rings. The van der Waals surface area contributed by atoms with Crippen LogP contribution in [0.2, 0.25) is 0 Å². The molecular formula is C39H26N2O2. The lowest BCUT2D eigenvalue weighted by Crippen LogP contribution is -2.30. The molecule has 0 N–H and O–H groups in total. The van der Waals surface area contributed by atoms with Crippen LogP contribution in [0.25, 0.3) is 49.7 Å². The van der Waals surface area contributed by atoms with E-state index in [1.807, 2.05) is 103 Å². The highest BCUT2D eigenvalue weighted by molar-refractivity contribution is 6.37. The molecule has 4 nitrogen and oxygen atoms in total. The molecule has 8 rings (SSSR count). The first-order chi connectivity index (χ1) is 21.1. The molecule has 2 heterocycles. The summed E-state index contributed by atoms with van der Waals surface area (Å²) in [6, 6.07) is 46.0. The SMILES string of the molecule is Cc1ccc2c3ccccc3n(-c3cccc4c3C(=O)N(c3c(-c5ccccc5)cccc3-c3ccccc3)C4=O)c2c1. The highest BCUT2D eigenvalue weighted by Crippen LogP contribution is 2.44. The summed E-state index contributed by atoms with van der Waals surface area (Å²) in [7, 11) is 0. The molecular weight excluding hydrogens is 528 g/mol. The lowest BCUT2D eigenvalue weighted by Gasteiger charge is -2.23. The number of amides is 2. The van der Waals surface area contributed by atoms with Crippen molar-refractivity contribution < 1.29 is 9.59 Å². The number of nitrogens with zero attached hydrogens (tertiary/aromatic N) is 2. The number of imide groups is 1. The molecule has 6 aromatic carbocycles. The predicted molar refractivity (Wildman–Crippen MR) is 174 cm³/mol. The zero-order valence-corrected chi connectivity index (χ0v) is 23.5. The van der Waals surface area contributed by atoms with Gasteiger partial charge in [-0.25, -0.2) is 4.90 Å². The summed E-state index contributed by atoms with van der Waals surface area (Å²) in [4.78, 5) is 30.5. The van der Waals surface area contributed by atoms with Crippen molar-refractivity contribution in [3.8, 4) is 27.9 Å². The molecule has 1 aromatic heterocycles. The topological polar surface area (TPSA) is 42.3 Å². The van der Waals surface area contributed by atoms with Crippen LogP contribution in [0.1, 0.15) is 26.3 Å². The van der Waals surface area contributed by atoms with Crippen LogP contribution in [0.4, 0.5) is 5.69 Å². The number of carbonyl (C=O) groups excluding carboxylic acids is 2. The molecule has 2 amide bonds. The van der Waals surface area contributed by atoms with Crippen molar-refractivity contribution in [2.75, 3.05) is 4.90 Å². The average Bonchev–Trinajstić information content (AvgIpc) is 3.51. The summed E-state index contributed by atoms with van der Waals surface area (Å²) in [6.07, 6.45) is 0. The quantitative estimate of drug-likeness (QED) is 0.204. The van der Waals surface area contributed by atoms with Gasteiger partial charge in [0.15, 0.2) is 0 Å². The second-order valence-corrected chi connectivity index (χ2v) is 11.0. The molecule has 0 bridgehead atoms. The zero-order chi connectivity index (χ0) is 29.1. The Bertz CT molecular complexity index is 2170. The normalized spacial score (nSPS) is 12.8. The van der Waals surface area contributed by atoms with Gasteiger partial charge in [-0.3, -0.25) is 9.59 Å². The summed E-state index contributed by atoms with van der Waals surface area (Å²) in [5, 5.41) is 2.21. The Morgan fingerprint density at radius 1 is 0.488 bits per heavy atom. The Hall–Kier alpha value is -5.74. The van der Waals surface area contributed by atoms with Gasteiger partial charge < -0.3 is 4.57 Å².